The van der Waals surface area contributed by atoms with Crippen molar-refractivity contribution < 1.29 is 0 Å². The third kappa shape index (κ3) is 1.80. The van der Waals surface area contributed by atoms with Gasteiger partial charge in [-0.15, -0.1) is 12.4 Å². The Kier molecular flexibility index (Phi) is 2.29. The second-order valence-corrected chi connectivity index (χ2v) is 2.69. The highest BCUT2D eigenvalue weighted by Gasteiger charge is 2.25. The fraction of sp³-hybridized carbons (Fsp3) is 0.429. The summed E-state index contributed by atoms with van der Waals surface area (Å²) in [7, 11) is 0. The van der Waals surface area contributed by atoms with E-state index in [-0.39, 0.29) is 12.4 Å². The third-order valence-electron chi connectivity index (χ3n) is 1.69. The summed E-state index contributed by atoms with van der Waals surface area (Å²) < 4.78 is 0. The van der Waals surface area contributed by atoms with E-state index in [1.807, 2.05) is 6.07 Å². The summed E-state index contributed by atoms with van der Waals surface area (Å²) in [5, 5.41) is 7.74. The molecule has 2 rings (SSSR count). The zero-order valence-corrected chi connectivity index (χ0v) is 6.84. The number of anilines is 1. The molecule has 1 saturated carbocycles. The van der Waals surface area contributed by atoms with E-state index in [9.17, 15) is 0 Å². The van der Waals surface area contributed by atoms with E-state index in [1.54, 1.807) is 6.20 Å². The maximum absolute atomic E-state index is 5.52. The van der Waals surface area contributed by atoms with Crippen molar-refractivity contribution >= 4 is 18.1 Å². The van der Waals surface area contributed by atoms with E-state index in [4.69, 9.17) is 5.73 Å². The summed E-state index contributed by atoms with van der Waals surface area (Å²) in [6.45, 7) is 0. The van der Waals surface area contributed by atoms with Gasteiger partial charge in [0.25, 0.3) is 0 Å². The maximum Gasteiger partial charge on any atom is 0.0726 e. The average Bonchev–Trinajstić information content (AvgIpc) is 2.68. The first kappa shape index (κ1) is 8.27. The smallest absolute Gasteiger partial charge is 0.0726 e. The minimum atomic E-state index is 0. The molecule has 0 unspecified atom stereocenters. The number of nitrogens with zero attached hydrogens (tertiary/aromatic N) is 2. The molecule has 0 spiro atoms. The van der Waals surface area contributed by atoms with E-state index in [2.05, 4.69) is 10.2 Å². The number of halogens is 1. The van der Waals surface area contributed by atoms with Gasteiger partial charge in [0, 0.05) is 5.92 Å². The van der Waals surface area contributed by atoms with Crippen molar-refractivity contribution in [3.8, 4) is 0 Å². The first-order valence-corrected chi connectivity index (χ1v) is 3.44. The Morgan fingerprint density at radius 1 is 1.45 bits per heavy atom. The molecule has 0 radical (unpaired) electrons. The fourth-order valence-electron chi connectivity index (χ4n) is 0.978. The third-order valence-corrected chi connectivity index (χ3v) is 1.69. The molecular formula is C7H10ClN3. The highest BCUT2D eigenvalue weighted by molar-refractivity contribution is 5.85. The lowest BCUT2D eigenvalue weighted by Crippen LogP contribution is -1.93. The number of hydrogen-bond donors (Lipinski definition) is 1. The summed E-state index contributed by atoms with van der Waals surface area (Å²) in [6.07, 6.45) is 4.07. The van der Waals surface area contributed by atoms with Crippen molar-refractivity contribution in [2.45, 2.75) is 18.8 Å². The summed E-state index contributed by atoms with van der Waals surface area (Å²) in [5.74, 6) is 0.649. The molecule has 4 heteroatoms. The Hall–Kier alpha value is -0.830. The predicted octanol–water partition coefficient (Wildman–Crippen LogP) is 1.36. The minimum absolute atomic E-state index is 0. The van der Waals surface area contributed by atoms with Crippen molar-refractivity contribution in [1.29, 1.82) is 0 Å². The predicted molar refractivity (Wildman–Crippen MR) is 45.7 cm³/mol. The number of hydrogen-bond acceptors (Lipinski definition) is 3. The van der Waals surface area contributed by atoms with Crippen molar-refractivity contribution in [3.05, 3.63) is 18.0 Å². The van der Waals surface area contributed by atoms with Crippen LogP contribution in [0.2, 0.25) is 0 Å². The van der Waals surface area contributed by atoms with Gasteiger partial charge in [-0.1, -0.05) is 0 Å². The van der Waals surface area contributed by atoms with Crippen molar-refractivity contribution in [2.75, 3.05) is 5.73 Å². The van der Waals surface area contributed by atoms with Crippen molar-refractivity contribution in [3.63, 3.8) is 0 Å². The van der Waals surface area contributed by atoms with Gasteiger partial charge in [0.15, 0.2) is 0 Å². The van der Waals surface area contributed by atoms with Crippen LogP contribution in [0, 0.1) is 0 Å². The number of nitrogens with two attached hydrogens (primary N) is 1. The van der Waals surface area contributed by atoms with Gasteiger partial charge in [-0.25, -0.2) is 0 Å². The molecule has 1 fully saturated rings. The van der Waals surface area contributed by atoms with E-state index >= 15 is 0 Å². The fourth-order valence-corrected chi connectivity index (χ4v) is 0.978. The van der Waals surface area contributed by atoms with Crippen LogP contribution in [-0.4, -0.2) is 10.2 Å². The zero-order valence-electron chi connectivity index (χ0n) is 6.03. The number of aromatic nitrogens is 2. The molecule has 0 aromatic carbocycles. The Balaban J connectivity index is 0.000000605. The topological polar surface area (TPSA) is 51.8 Å². The Labute approximate surface area is 71.4 Å². The highest BCUT2D eigenvalue weighted by atomic mass is 35.5. The Morgan fingerprint density at radius 2 is 2.18 bits per heavy atom. The van der Waals surface area contributed by atoms with Gasteiger partial charge in [-0.3, -0.25) is 0 Å². The highest BCUT2D eigenvalue weighted by Crippen LogP contribution is 2.38. The van der Waals surface area contributed by atoms with Crippen LogP contribution in [0.3, 0.4) is 0 Å². The molecule has 0 saturated heterocycles. The lowest BCUT2D eigenvalue weighted by Gasteiger charge is -1.94. The van der Waals surface area contributed by atoms with Crippen molar-refractivity contribution in [2.24, 2.45) is 0 Å². The molecule has 1 heterocycles. The van der Waals surface area contributed by atoms with E-state index in [0.29, 0.717) is 5.92 Å². The molecule has 1 aliphatic carbocycles. The van der Waals surface area contributed by atoms with E-state index in [0.717, 1.165) is 11.4 Å². The number of rotatable bonds is 1. The van der Waals surface area contributed by atoms with Gasteiger partial charge >= 0.3 is 0 Å². The second-order valence-electron chi connectivity index (χ2n) is 2.69. The zero-order chi connectivity index (χ0) is 6.97. The molecule has 11 heavy (non-hydrogen) atoms. The van der Waals surface area contributed by atoms with Crippen molar-refractivity contribution in [1.82, 2.24) is 10.2 Å². The molecule has 60 valence electrons. The first-order valence-electron chi connectivity index (χ1n) is 3.44. The number of nitrogen functional groups attached to an aromatic ring is 1. The van der Waals surface area contributed by atoms with Crippen LogP contribution < -0.4 is 5.73 Å². The van der Waals surface area contributed by atoms with Gasteiger partial charge in [-0.2, -0.15) is 10.2 Å². The first-order chi connectivity index (χ1) is 4.86. The molecule has 0 amide bonds. The van der Waals surface area contributed by atoms with Crippen LogP contribution in [0.1, 0.15) is 24.5 Å². The molecule has 1 aliphatic rings. The molecule has 3 nitrogen and oxygen atoms in total. The van der Waals surface area contributed by atoms with Crippen LogP contribution in [0.15, 0.2) is 12.3 Å². The molecule has 0 atom stereocenters. The molecule has 0 aliphatic heterocycles. The van der Waals surface area contributed by atoms with Gasteiger partial charge in [0.05, 0.1) is 17.6 Å². The molecular weight excluding hydrogens is 162 g/mol. The Morgan fingerprint density at radius 3 is 2.73 bits per heavy atom. The summed E-state index contributed by atoms with van der Waals surface area (Å²) >= 11 is 0. The van der Waals surface area contributed by atoms with Crippen LogP contribution >= 0.6 is 12.4 Å². The summed E-state index contributed by atoms with van der Waals surface area (Å²) in [6, 6.07) is 1.91. The van der Waals surface area contributed by atoms with Crippen LogP contribution in [-0.2, 0) is 0 Å². The second kappa shape index (κ2) is 3.05. The van der Waals surface area contributed by atoms with Gasteiger partial charge in [-0.05, 0) is 18.9 Å². The van der Waals surface area contributed by atoms with Gasteiger partial charge in [0.1, 0.15) is 0 Å². The largest absolute Gasteiger partial charge is 0.397 e. The van der Waals surface area contributed by atoms with Crippen LogP contribution in [0.4, 0.5) is 5.69 Å². The van der Waals surface area contributed by atoms with E-state index in [1.165, 1.54) is 12.8 Å². The monoisotopic (exact) mass is 171 g/mol. The SMILES string of the molecule is Cl.Nc1cnnc(C2CC2)c1. The molecule has 2 N–H and O–H groups in total. The molecule has 1 aromatic heterocycles. The lowest BCUT2D eigenvalue weighted by atomic mass is 10.3. The Bertz CT molecular complexity index is 247. The standard InChI is InChI=1S/C7H9N3.ClH/c8-6-3-7(5-1-2-5)10-9-4-6;/h3-5H,1-2H2,(H2,8,10);1H. The van der Waals surface area contributed by atoms with Gasteiger partial charge in [0.2, 0.25) is 0 Å². The normalized spacial score (nSPS) is 15.6. The molecule has 1 aromatic rings. The summed E-state index contributed by atoms with van der Waals surface area (Å²) in [5.41, 5.74) is 7.30. The average molecular weight is 172 g/mol. The molecule has 0 bridgehead atoms. The minimum Gasteiger partial charge on any atom is -0.397 e. The maximum atomic E-state index is 5.52. The van der Waals surface area contributed by atoms with Crippen LogP contribution in [0.5, 0.6) is 0 Å². The van der Waals surface area contributed by atoms with Crippen LogP contribution in [0.25, 0.3) is 0 Å². The summed E-state index contributed by atoms with van der Waals surface area (Å²) in [4.78, 5) is 0. The van der Waals surface area contributed by atoms with E-state index < -0.39 is 0 Å². The van der Waals surface area contributed by atoms with Gasteiger partial charge < -0.3 is 5.73 Å². The quantitative estimate of drug-likeness (QED) is 0.694. The lowest BCUT2D eigenvalue weighted by molar-refractivity contribution is 0.913.